The zero-order valence-electron chi connectivity index (χ0n) is 9.81. The van der Waals surface area contributed by atoms with Gasteiger partial charge in [0, 0.05) is 5.69 Å². The van der Waals surface area contributed by atoms with Crippen LogP contribution < -0.4 is 5.73 Å². The summed E-state index contributed by atoms with van der Waals surface area (Å²) in [6, 6.07) is 3.44. The first kappa shape index (κ1) is 13.4. The molecule has 5 heteroatoms. The largest absolute Gasteiger partial charge is 0.459 e. The van der Waals surface area contributed by atoms with E-state index < -0.39 is 17.9 Å². The van der Waals surface area contributed by atoms with Gasteiger partial charge in [0.2, 0.25) is 0 Å². The normalized spacial score (nSPS) is 12.5. The van der Waals surface area contributed by atoms with Crippen molar-refractivity contribution in [3.05, 3.63) is 29.6 Å². The summed E-state index contributed by atoms with van der Waals surface area (Å²) in [5.74, 6) is -1.18. The second kappa shape index (κ2) is 5.63. The summed E-state index contributed by atoms with van der Waals surface area (Å²) < 4.78 is 17.6. The van der Waals surface area contributed by atoms with Gasteiger partial charge in [-0.15, -0.1) is 0 Å². The number of rotatable bonds is 4. The van der Waals surface area contributed by atoms with E-state index in [0.29, 0.717) is 0 Å². The van der Waals surface area contributed by atoms with E-state index in [1.165, 1.54) is 6.07 Å². The number of carbonyl (C=O) groups is 1. The number of benzene rings is 1. The zero-order chi connectivity index (χ0) is 13.0. The lowest BCUT2D eigenvalue weighted by atomic mass is 10.1. The first-order chi connectivity index (χ1) is 7.91. The Hall–Kier alpha value is -1.62. The Bertz CT molecular complexity index is 407. The van der Waals surface area contributed by atoms with Gasteiger partial charge in [-0.3, -0.25) is 0 Å². The Morgan fingerprint density at radius 2 is 2.18 bits per heavy atom. The Morgan fingerprint density at radius 3 is 2.71 bits per heavy atom. The average Bonchev–Trinajstić information content (AvgIpc) is 2.25. The van der Waals surface area contributed by atoms with E-state index >= 15 is 0 Å². The van der Waals surface area contributed by atoms with Crippen molar-refractivity contribution in [2.24, 2.45) is 5.92 Å². The molecule has 0 aliphatic carbocycles. The van der Waals surface area contributed by atoms with Gasteiger partial charge in [-0.25, -0.2) is 9.18 Å². The minimum atomic E-state index is -0.722. The number of nitrogen functional groups attached to an aromatic ring is 1. The summed E-state index contributed by atoms with van der Waals surface area (Å²) in [6.07, 6.45) is -0.722. The number of ether oxygens (including phenoxy) is 1. The van der Waals surface area contributed by atoms with Crippen LogP contribution in [0.4, 0.5) is 10.1 Å². The number of hydrogen-bond acceptors (Lipinski definition) is 4. The van der Waals surface area contributed by atoms with Crippen LogP contribution in [0.3, 0.4) is 0 Å². The molecule has 0 aromatic heterocycles. The maximum absolute atomic E-state index is 12.8. The van der Waals surface area contributed by atoms with E-state index in [-0.39, 0.29) is 23.8 Å². The SMILES string of the molecule is CC(C)C(O)COC(=O)c1ccc(F)cc1N. The molecule has 0 heterocycles. The predicted octanol–water partition coefficient (Wildman–Crippen LogP) is 1.58. The van der Waals surface area contributed by atoms with Gasteiger partial charge in [0.25, 0.3) is 0 Å². The first-order valence-corrected chi connectivity index (χ1v) is 5.32. The molecule has 0 saturated carbocycles. The van der Waals surface area contributed by atoms with Crippen molar-refractivity contribution < 1.29 is 19.0 Å². The van der Waals surface area contributed by atoms with Crippen LogP contribution in [0, 0.1) is 11.7 Å². The average molecular weight is 241 g/mol. The molecule has 0 bridgehead atoms. The molecule has 0 spiro atoms. The van der Waals surface area contributed by atoms with Crippen molar-refractivity contribution >= 4 is 11.7 Å². The molecule has 0 fully saturated rings. The number of hydrogen-bond donors (Lipinski definition) is 2. The Labute approximate surface area is 99.2 Å². The van der Waals surface area contributed by atoms with Crippen LogP contribution in [0.5, 0.6) is 0 Å². The molecular formula is C12H16FNO3. The first-order valence-electron chi connectivity index (χ1n) is 5.32. The lowest BCUT2D eigenvalue weighted by Gasteiger charge is -2.14. The highest BCUT2D eigenvalue weighted by atomic mass is 19.1. The van der Waals surface area contributed by atoms with Gasteiger partial charge >= 0.3 is 5.97 Å². The molecule has 1 rings (SSSR count). The summed E-state index contributed by atoms with van der Waals surface area (Å²) in [7, 11) is 0. The van der Waals surface area contributed by atoms with Gasteiger partial charge in [-0.05, 0) is 24.1 Å². The molecule has 0 amide bonds. The predicted molar refractivity (Wildman–Crippen MR) is 61.9 cm³/mol. The maximum Gasteiger partial charge on any atom is 0.340 e. The van der Waals surface area contributed by atoms with Crippen molar-refractivity contribution in [2.75, 3.05) is 12.3 Å². The number of aliphatic hydroxyl groups is 1. The van der Waals surface area contributed by atoms with Crippen LogP contribution in [-0.4, -0.2) is 23.8 Å². The summed E-state index contributed by atoms with van der Waals surface area (Å²) in [5, 5.41) is 9.47. The molecule has 0 radical (unpaired) electrons. The highest BCUT2D eigenvalue weighted by Crippen LogP contribution is 2.15. The third-order valence-corrected chi connectivity index (χ3v) is 2.39. The molecule has 1 aromatic carbocycles. The van der Waals surface area contributed by atoms with Crippen LogP contribution >= 0.6 is 0 Å². The monoisotopic (exact) mass is 241 g/mol. The van der Waals surface area contributed by atoms with Crippen molar-refractivity contribution in [3.8, 4) is 0 Å². The topological polar surface area (TPSA) is 72.5 Å². The quantitative estimate of drug-likeness (QED) is 0.620. The molecule has 0 aliphatic heterocycles. The van der Waals surface area contributed by atoms with Gasteiger partial charge < -0.3 is 15.6 Å². The molecule has 17 heavy (non-hydrogen) atoms. The van der Waals surface area contributed by atoms with Gasteiger partial charge in [0.15, 0.2) is 0 Å². The van der Waals surface area contributed by atoms with Crippen LogP contribution in [-0.2, 0) is 4.74 Å². The third-order valence-electron chi connectivity index (χ3n) is 2.39. The highest BCUT2D eigenvalue weighted by Gasteiger charge is 2.15. The standard InChI is InChI=1S/C12H16FNO3/c1-7(2)11(15)6-17-12(16)9-4-3-8(13)5-10(9)14/h3-5,7,11,15H,6,14H2,1-2H3. The Balaban J connectivity index is 2.64. The molecule has 1 atom stereocenters. The molecular weight excluding hydrogens is 225 g/mol. The smallest absolute Gasteiger partial charge is 0.340 e. The minimum absolute atomic E-state index is 0.00614. The van der Waals surface area contributed by atoms with E-state index in [1.807, 2.05) is 13.8 Å². The molecule has 3 N–H and O–H groups in total. The third kappa shape index (κ3) is 3.71. The van der Waals surface area contributed by atoms with Crippen molar-refractivity contribution in [1.29, 1.82) is 0 Å². The number of halogens is 1. The molecule has 0 saturated heterocycles. The highest BCUT2D eigenvalue weighted by molar-refractivity contribution is 5.95. The summed E-state index contributed by atoms with van der Waals surface area (Å²) in [5.41, 5.74) is 5.61. The van der Waals surface area contributed by atoms with Gasteiger partial charge in [0.05, 0.1) is 11.7 Å². The lowest BCUT2D eigenvalue weighted by molar-refractivity contribution is 0.0138. The van der Waals surface area contributed by atoms with Crippen LogP contribution in [0.15, 0.2) is 18.2 Å². The van der Waals surface area contributed by atoms with Crippen molar-refractivity contribution in [3.63, 3.8) is 0 Å². The van der Waals surface area contributed by atoms with Crippen LogP contribution in [0.1, 0.15) is 24.2 Å². The van der Waals surface area contributed by atoms with Gasteiger partial charge in [-0.2, -0.15) is 0 Å². The van der Waals surface area contributed by atoms with Crippen molar-refractivity contribution in [1.82, 2.24) is 0 Å². The van der Waals surface area contributed by atoms with E-state index in [0.717, 1.165) is 12.1 Å². The van der Waals surface area contributed by atoms with Crippen LogP contribution in [0.2, 0.25) is 0 Å². The van der Waals surface area contributed by atoms with E-state index in [1.54, 1.807) is 0 Å². The minimum Gasteiger partial charge on any atom is -0.459 e. The number of carbonyl (C=O) groups excluding carboxylic acids is 1. The number of aliphatic hydroxyl groups excluding tert-OH is 1. The number of anilines is 1. The van der Waals surface area contributed by atoms with E-state index in [2.05, 4.69) is 0 Å². The van der Waals surface area contributed by atoms with Gasteiger partial charge in [-0.1, -0.05) is 13.8 Å². The molecule has 4 nitrogen and oxygen atoms in total. The fourth-order valence-corrected chi connectivity index (χ4v) is 1.15. The van der Waals surface area contributed by atoms with Gasteiger partial charge in [0.1, 0.15) is 12.4 Å². The Kier molecular flexibility index (Phi) is 4.45. The summed E-state index contributed by atoms with van der Waals surface area (Å²) in [6.45, 7) is 3.52. The Morgan fingerprint density at radius 1 is 1.53 bits per heavy atom. The van der Waals surface area contributed by atoms with Crippen molar-refractivity contribution in [2.45, 2.75) is 20.0 Å². The number of nitrogens with two attached hydrogens (primary N) is 1. The lowest BCUT2D eigenvalue weighted by Crippen LogP contribution is -2.24. The molecule has 1 unspecified atom stereocenters. The maximum atomic E-state index is 12.8. The fraction of sp³-hybridized carbons (Fsp3) is 0.417. The fourth-order valence-electron chi connectivity index (χ4n) is 1.15. The second-order valence-electron chi connectivity index (χ2n) is 4.14. The summed E-state index contributed by atoms with van der Waals surface area (Å²) in [4.78, 5) is 11.6. The van der Waals surface area contributed by atoms with E-state index in [4.69, 9.17) is 10.5 Å². The summed E-state index contributed by atoms with van der Waals surface area (Å²) >= 11 is 0. The molecule has 0 aliphatic rings. The second-order valence-corrected chi connectivity index (χ2v) is 4.14. The molecule has 1 aromatic rings. The zero-order valence-corrected chi connectivity index (χ0v) is 9.81. The van der Waals surface area contributed by atoms with E-state index in [9.17, 15) is 14.3 Å². The number of esters is 1. The van der Waals surface area contributed by atoms with Crippen LogP contribution in [0.25, 0.3) is 0 Å². The molecule has 94 valence electrons.